The van der Waals surface area contributed by atoms with E-state index >= 15 is 0 Å². The summed E-state index contributed by atoms with van der Waals surface area (Å²) < 4.78 is 6.44. The Hall–Kier alpha value is -5.18. The molecular formula is C34H28ClN5O3. The first kappa shape index (κ1) is 29.3. The molecule has 0 saturated carbocycles. The Labute approximate surface area is 255 Å². The van der Waals surface area contributed by atoms with Crippen LogP contribution in [0.25, 0.3) is 23.3 Å². The maximum absolute atomic E-state index is 12.2. The van der Waals surface area contributed by atoms with E-state index in [1.54, 1.807) is 42.7 Å². The van der Waals surface area contributed by atoms with E-state index in [1.165, 1.54) is 6.20 Å². The maximum Gasteiger partial charge on any atom is 0.326 e. The van der Waals surface area contributed by atoms with Crippen molar-refractivity contribution in [2.24, 2.45) is 0 Å². The standard InChI is InChI=1S/C34H28ClN5O3/c1-22(26-15-23(18-36)20-38-21-26)43-33-16-25(29(35)17-32(33)40-14-6-5-9-31(40)34(41)42)10-11-30-28(19-37)27(12-13-39-30)24-7-3-2-4-8-24/h2-4,7-8,10-13,15-17,20-22,31H,5-6,9,14H2,1H3,(H,41,42)/b11-10+/t22?,31-/m0/s1. The molecular weight excluding hydrogens is 562 g/mol. The number of hydrogen-bond donors (Lipinski definition) is 1. The highest BCUT2D eigenvalue weighted by molar-refractivity contribution is 6.32. The van der Waals surface area contributed by atoms with Gasteiger partial charge < -0.3 is 14.7 Å². The van der Waals surface area contributed by atoms with Crippen LogP contribution in [0, 0.1) is 22.7 Å². The Morgan fingerprint density at radius 3 is 2.67 bits per heavy atom. The van der Waals surface area contributed by atoms with Crippen molar-refractivity contribution in [1.82, 2.24) is 9.97 Å². The first-order valence-electron chi connectivity index (χ1n) is 13.9. The van der Waals surface area contributed by atoms with Gasteiger partial charge in [0, 0.05) is 36.3 Å². The third kappa shape index (κ3) is 6.51. The second-order valence-corrected chi connectivity index (χ2v) is 10.6. The molecule has 1 fully saturated rings. The molecule has 2 aromatic carbocycles. The molecule has 214 valence electrons. The Morgan fingerprint density at radius 1 is 1.12 bits per heavy atom. The van der Waals surface area contributed by atoms with Crippen molar-refractivity contribution in [2.45, 2.75) is 38.3 Å². The molecule has 1 unspecified atom stereocenters. The number of benzene rings is 2. The van der Waals surface area contributed by atoms with Crippen LogP contribution >= 0.6 is 11.6 Å². The van der Waals surface area contributed by atoms with E-state index in [0.717, 1.165) is 24.0 Å². The summed E-state index contributed by atoms with van der Waals surface area (Å²) in [5, 5.41) is 29.7. The topological polar surface area (TPSA) is 123 Å². The molecule has 43 heavy (non-hydrogen) atoms. The molecule has 1 aliphatic rings. The highest BCUT2D eigenvalue weighted by Crippen LogP contribution is 2.40. The Balaban J connectivity index is 1.56. The molecule has 0 bridgehead atoms. The van der Waals surface area contributed by atoms with Crippen LogP contribution < -0.4 is 9.64 Å². The lowest BCUT2D eigenvalue weighted by atomic mass is 9.99. The number of rotatable bonds is 8. The average Bonchev–Trinajstić information content (AvgIpc) is 3.04. The molecule has 8 nitrogen and oxygen atoms in total. The Kier molecular flexibility index (Phi) is 9.00. The van der Waals surface area contributed by atoms with Crippen molar-refractivity contribution in [3.05, 3.63) is 106 Å². The van der Waals surface area contributed by atoms with Gasteiger partial charge in [-0.2, -0.15) is 10.5 Å². The summed E-state index contributed by atoms with van der Waals surface area (Å²) >= 11 is 6.80. The molecule has 3 heterocycles. The molecule has 5 rings (SSSR count). The SMILES string of the molecule is CC(Oc1cc(/C=C/c2nccc(-c3ccccc3)c2C#N)c(Cl)cc1N1CCCC[C@H]1C(=O)O)c1cncc(C#N)c1. The summed E-state index contributed by atoms with van der Waals surface area (Å²) in [6, 6.07) is 20.3. The van der Waals surface area contributed by atoms with Crippen LogP contribution in [-0.2, 0) is 4.79 Å². The molecule has 1 N–H and O–H groups in total. The van der Waals surface area contributed by atoms with Gasteiger partial charge in [0.25, 0.3) is 0 Å². The number of aliphatic carboxylic acids is 1. The fraction of sp³-hybridized carbons (Fsp3) is 0.206. The smallest absolute Gasteiger partial charge is 0.326 e. The van der Waals surface area contributed by atoms with Crippen molar-refractivity contribution in [2.75, 3.05) is 11.4 Å². The second kappa shape index (κ2) is 13.2. The van der Waals surface area contributed by atoms with E-state index in [2.05, 4.69) is 22.1 Å². The van der Waals surface area contributed by atoms with Crippen molar-refractivity contribution in [3.8, 4) is 29.0 Å². The predicted octanol–water partition coefficient (Wildman–Crippen LogP) is 7.29. The maximum atomic E-state index is 12.2. The zero-order valence-corrected chi connectivity index (χ0v) is 24.2. The number of carboxylic acids is 1. The van der Waals surface area contributed by atoms with Gasteiger partial charge in [-0.3, -0.25) is 9.97 Å². The lowest BCUT2D eigenvalue weighted by Crippen LogP contribution is -2.45. The molecule has 1 aliphatic heterocycles. The van der Waals surface area contributed by atoms with Gasteiger partial charge in [0.2, 0.25) is 0 Å². The summed E-state index contributed by atoms with van der Waals surface area (Å²) in [6.45, 7) is 2.38. The highest BCUT2D eigenvalue weighted by atomic mass is 35.5. The minimum absolute atomic E-state index is 0.395. The van der Waals surface area contributed by atoms with Crippen LogP contribution in [0.2, 0.25) is 5.02 Å². The van der Waals surface area contributed by atoms with Gasteiger partial charge in [-0.1, -0.05) is 48.0 Å². The zero-order valence-electron chi connectivity index (χ0n) is 23.4. The Morgan fingerprint density at radius 2 is 1.93 bits per heavy atom. The van der Waals surface area contributed by atoms with Crippen molar-refractivity contribution < 1.29 is 14.6 Å². The van der Waals surface area contributed by atoms with Gasteiger partial charge in [0.15, 0.2) is 0 Å². The molecule has 0 radical (unpaired) electrons. The number of hydrogen-bond acceptors (Lipinski definition) is 7. The fourth-order valence-corrected chi connectivity index (χ4v) is 5.45. The number of carboxylic acid groups (broad SMARTS) is 1. The lowest BCUT2D eigenvalue weighted by molar-refractivity contribution is -0.139. The molecule has 0 spiro atoms. The molecule has 0 amide bonds. The lowest BCUT2D eigenvalue weighted by Gasteiger charge is -2.36. The summed E-state index contributed by atoms with van der Waals surface area (Å²) in [7, 11) is 0. The molecule has 2 aromatic heterocycles. The first-order chi connectivity index (χ1) is 20.9. The third-order valence-corrected chi connectivity index (χ3v) is 7.76. The number of ether oxygens (including phenoxy) is 1. The molecule has 2 atom stereocenters. The van der Waals surface area contributed by atoms with Gasteiger partial charge in [-0.25, -0.2) is 4.79 Å². The number of halogens is 1. The van der Waals surface area contributed by atoms with Gasteiger partial charge in [-0.15, -0.1) is 0 Å². The second-order valence-electron chi connectivity index (χ2n) is 10.2. The molecule has 0 aliphatic carbocycles. The van der Waals surface area contributed by atoms with Gasteiger partial charge in [0.1, 0.15) is 30.0 Å². The van der Waals surface area contributed by atoms with E-state index in [4.69, 9.17) is 16.3 Å². The molecule has 9 heteroatoms. The van der Waals surface area contributed by atoms with E-state index in [-0.39, 0.29) is 0 Å². The number of pyridine rings is 2. The van der Waals surface area contributed by atoms with Crippen LogP contribution in [0.4, 0.5) is 5.69 Å². The number of aromatic nitrogens is 2. The first-order valence-corrected chi connectivity index (χ1v) is 14.2. The van der Waals surface area contributed by atoms with Crippen molar-refractivity contribution >= 4 is 35.4 Å². The summed E-state index contributed by atoms with van der Waals surface area (Å²) in [5.41, 5.74) is 4.90. The minimum Gasteiger partial charge on any atom is -0.484 e. The van der Waals surface area contributed by atoms with Gasteiger partial charge in [-0.05, 0) is 67.7 Å². The zero-order chi connectivity index (χ0) is 30.3. The summed E-state index contributed by atoms with van der Waals surface area (Å²) in [6.07, 6.45) is 9.95. The van der Waals surface area contributed by atoms with Crippen LogP contribution in [0.1, 0.15) is 60.2 Å². The fourth-order valence-electron chi connectivity index (χ4n) is 5.23. The van der Waals surface area contributed by atoms with Crippen LogP contribution in [-0.4, -0.2) is 33.6 Å². The quantitative estimate of drug-likeness (QED) is 0.227. The minimum atomic E-state index is -0.905. The van der Waals surface area contributed by atoms with Gasteiger partial charge >= 0.3 is 5.97 Å². The predicted molar refractivity (Wildman–Crippen MR) is 165 cm³/mol. The van der Waals surface area contributed by atoms with Crippen molar-refractivity contribution in [1.29, 1.82) is 10.5 Å². The van der Waals surface area contributed by atoms with Crippen LogP contribution in [0.3, 0.4) is 0 Å². The number of carbonyl (C=O) groups is 1. The third-order valence-electron chi connectivity index (χ3n) is 7.43. The Bertz CT molecular complexity index is 1760. The normalized spacial score (nSPS) is 15.4. The van der Waals surface area contributed by atoms with E-state index in [0.29, 0.717) is 57.4 Å². The number of anilines is 1. The van der Waals surface area contributed by atoms with Gasteiger partial charge in [0.05, 0.1) is 27.5 Å². The molecule has 1 saturated heterocycles. The number of nitriles is 2. The van der Waals surface area contributed by atoms with Crippen LogP contribution in [0.15, 0.2) is 73.2 Å². The van der Waals surface area contributed by atoms with E-state index in [1.807, 2.05) is 48.2 Å². The number of piperidine rings is 1. The number of nitrogens with zero attached hydrogens (tertiary/aromatic N) is 5. The van der Waals surface area contributed by atoms with E-state index < -0.39 is 18.1 Å². The highest BCUT2D eigenvalue weighted by Gasteiger charge is 2.31. The molecule has 4 aromatic rings. The van der Waals surface area contributed by atoms with Crippen LogP contribution in [0.5, 0.6) is 5.75 Å². The monoisotopic (exact) mass is 589 g/mol. The summed E-state index contributed by atoms with van der Waals surface area (Å²) in [5.74, 6) is -0.461. The van der Waals surface area contributed by atoms with Crippen molar-refractivity contribution in [3.63, 3.8) is 0 Å². The summed E-state index contributed by atoms with van der Waals surface area (Å²) in [4.78, 5) is 22.6. The van der Waals surface area contributed by atoms with E-state index in [9.17, 15) is 20.4 Å². The largest absolute Gasteiger partial charge is 0.484 e. The average molecular weight is 590 g/mol.